The van der Waals surface area contributed by atoms with Gasteiger partial charge in [-0.1, -0.05) is 6.07 Å². The molecule has 2 saturated heterocycles. The molecule has 0 saturated carbocycles. The number of amides is 1. The molecule has 0 aliphatic carbocycles. The quantitative estimate of drug-likeness (QED) is 0.846. The Morgan fingerprint density at radius 3 is 2.70 bits per heavy atom. The monoisotopic (exact) mass is 318 g/mol. The molecule has 3 rings (SSSR count). The van der Waals surface area contributed by atoms with Crippen LogP contribution in [0, 0.1) is 12.7 Å². The second-order valence-corrected chi connectivity index (χ2v) is 6.94. The second kappa shape index (κ2) is 7.43. The Kier molecular flexibility index (Phi) is 5.31. The fraction of sp³-hybridized carbons (Fsp3) is 0.632. The molecule has 1 amide bonds. The standard InChI is InChI=1S/C19H27FN2O/c1-15-7-8-16(20)14-18(15)19(23)22-12-3-2-6-17(22)9-13-21-10-4-5-11-21/h7-8,14,17H,2-6,9-13H2,1H3/t17-/m0/s1. The minimum Gasteiger partial charge on any atom is -0.336 e. The maximum Gasteiger partial charge on any atom is 0.254 e. The molecule has 2 fully saturated rings. The highest BCUT2D eigenvalue weighted by Crippen LogP contribution is 2.24. The number of benzene rings is 1. The van der Waals surface area contributed by atoms with Gasteiger partial charge in [0.25, 0.3) is 5.91 Å². The third kappa shape index (κ3) is 3.92. The number of carbonyl (C=O) groups is 1. The van der Waals surface area contributed by atoms with Crippen LogP contribution >= 0.6 is 0 Å². The molecule has 0 unspecified atom stereocenters. The summed E-state index contributed by atoms with van der Waals surface area (Å²) < 4.78 is 13.5. The van der Waals surface area contributed by atoms with Crippen molar-refractivity contribution < 1.29 is 9.18 Å². The molecule has 0 spiro atoms. The van der Waals surface area contributed by atoms with Crippen molar-refractivity contribution in [1.82, 2.24) is 9.80 Å². The SMILES string of the molecule is Cc1ccc(F)cc1C(=O)N1CCCC[C@H]1CCN1CCCC1. The Morgan fingerprint density at radius 2 is 1.91 bits per heavy atom. The highest BCUT2D eigenvalue weighted by Gasteiger charge is 2.28. The van der Waals surface area contributed by atoms with Crippen LogP contribution in [0.1, 0.15) is 54.4 Å². The van der Waals surface area contributed by atoms with Gasteiger partial charge in [0.05, 0.1) is 0 Å². The molecular weight excluding hydrogens is 291 g/mol. The molecule has 0 aromatic heterocycles. The summed E-state index contributed by atoms with van der Waals surface area (Å²) in [4.78, 5) is 17.4. The molecule has 0 N–H and O–H groups in total. The van der Waals surface area contributed by atoms with E-state index < -0.39 is 0 Å². The van der Waals surface area contributed by atoms with Gasteiger partial charge in [0, 0.05) is 24.7 Å². The summed E-state index contributed by atoms with van der Waals surface area (Å²) in [5.74, 6) is -0.322. The van der Waals surface area contributed by atoms with E-state index >= 15 is 0 Å². The summed E-state index contributed by atoms with van der Waals surface area (Å²) in [6, 6.07) is 4.82. The molecule has 1 aromatic carbocycles. The van der Waals surface area contributed by atoms with Crippen molar-refractivity contribution in [3.8, 4) is 0 Å². The first-order valence-electron chi connectivity index (χ1n) is 8.94. The van der Waals surface area contributed by atoms with Crippen LogP contribution in [0.4, 0.5) is 4.39 Å². The number of halogens is 1. The molecule has 4 heteroatoms. The van der Waals surface area contributed by atoms with Crippen LogP contribution in [0.3, 0.4) is 0 Å². The summed E-state index contributed by atoms with van der Waals surface area (Å²) in [7, 11) is 0. The van der Waals surface area contributed by atoms with E-state index in [0.29, 0.717) is 11.6 Å². The number of hydrogen-bond donors (Lipinski definition) is 0. The Morgan fingerprint density at radius 1 is 1.17 bits per heavy atom. The number of aryl methyl sites for hydroxylation is 1. The topological polar surface area (TPSA) is 23.6 Å². The van der Waals surface area contributed by atoms with E-state index in [-0.39, 0.29) is 11.7 Å². The van der Waals surface area contributed by atoms with E-state index in [4.69, 9.17) is 0 Å². The fourth-order valence-corrected chi connectivity index (χ4v) is 3.89. The van der Waals surface area contributed by atoms with Gasteiger partial charge in [0.15, 0.2) is 0 Å². The number of piperidine rings is 1. The predicted octanol–water partition coefficient (Wildman–Crippen LogP) is 3.61. The van der Waals surface area contributed by atoms with E-state index in [9.17, 15) is 9.18 Å². The lowest BCUT2D eigenvalue weighted by atomic mass is 9.97. The molecule has 1 aromatic rings. The Hall–Kier alpha value is -1.42. The van der Waals surface area contributed by atoms with Gasteiger partial charge < -0.3 is 9.80 Å². The van der Waals surface area contributed by atoms with Gasteiger partial charge in [0.2, 0.25) is 0 Å². The van der Waals surface area contributed by atoms with Crippen molar-refractivity contribution in [3.63, 3.8) is 0 Å². The van der Waals surface area contributed by atoms with Crippen molar-refractivity contribution >= 4 is 5.91 Å². The molecule has 1 atom stereocenters. The van der Waals surface area contributed by atoms with Gasteiger partial charge in [0.1, 0.15) is 5.82 Å². The average molecular weight is 318 g/mol. The first-order valence-corrected chi connectivity index (χ1v) is 8.94. The maximum absolute atomic E-state index is 13.5. The highest BCUT2D eigenvalue weighted by atomic mass is 19.1. The number of rotatable bonds is 4. The Labute approximate surface area is 138 Å². The zero-order chi connectivity index (χ0) is 16.2. The third-order valence-electron chi connectivity index (χ3n) is 5.30. The van der Waals surface area contributed by atoms with Gasteiger partial charge in [-0.15, -0.1) is 0 Å². The summed E-state index contributed by atoms with van der Waals surface area (Å²) in [5, 5.41) is 0. The molecule has 2 heterocycles. The van der Waals surface area contributed by atoms with Crippen molar-refractivity contribution in [3.05, 3.63) is 35.1 Å². The Bertz CT molecular complexity index is 554. The van der Waals surface area contributed by atoms with Crippen molar-refractivity contribution in [2.45, 2.75) is 51.5 Å². The van der Waals surface area contributed by atoms with Crippen LogP contribution in [-0.4, -0.2) is 47.9 Å². The highest BCUT2D eigenvalue weighted by molar-refractivity contribution is 5.95. The smallest absolute Gasteiger partial charge is 0.254 e. The summed E-state index contributed by atoms with van der Waals surface area (Å²) in [6.45, 7) is 6.17. The van der Waals surface area contributed by atoms with Crippen molar-refractivity contribution in [1.29, 1.82) is 0 Å². The van der Waals surface area contributed by atoms with Crippen LogP contribution in [0.15, 0.2) is 18.2 Å². The van der Waals surface area contributed by atoms with Crippen molar-refractivity contribution in [2.24, 2.45) is 0 Å². The van der Waals surface area contributed by atoms with E-state index in [0.717, 1.165) is 37.9 Å². The van der Waals surface area contributed by atoms with Crippen LogP contribution in [0.25, 0.3) is 0 Å². The summed E-state index contributed by atoms with van der Waals surface area (Å²) >= 11 is 0. The van der Waals surface area contributed by atoms with Gasteiger partial charge in [-0.25, -0.2) is 4.39 Å². The summed E-state index contributed by atoms with van der Waals surface area (Å²) in [5.41, 5.74) is 1.39. The van der Waals surface area contributed by atoms with Crippen LogP contribution < -0.4 is 0 Å². The van der Waals surface area contributed by atoms with Gasteiger partial charge in [-0.05, 0) is 76.2 Å². The number of nitrogens with zero attached hydrogens (tertiary/aromatic N) is 2. The predicted molar refractivity (Wildman–Crippen MR) is 90.1 cm³/mol. The molecule has 3 nitrogen and oxygen atoms in total. The van der Waals surface area contributed by atoms with E-state index in [1.54, 1.807) is 6.07 Å². The molecule has 126 valence electrons. The van der Waals surface area contributed by atoms with E-state index in [1.807, 2.05) is 11.8 Å². The number of hydrogen-bond acceptors (Lipinski definition) is 2. The second-order valence-electron chi connectivity index (χ2n) is 6.94. The lowest BCUT2D eigenvalue weighted by Gasteiger charge is -2.37. The molecule has 2 aliphatic rings. The number of likely N-dealkylation sites (tertiary alicyclic amines) is 2. The lowest BCUT2D eigenvalue weighted by Crippen LogP contribution is -2.45. The molecule has 0 radical (unpaired) electrons. The van der Waals surface area contributed by atoms with Gasteiger partial charge in [-0.3, -0.25) is 4.79 Å². The molecule has 23 heavy (non-hydrogen) atoms. The first-order chi connectivity index (χ1) is 11.1. The minimum absolute atomic E-state index is 0.00752. The largest absolute Gasteiger partial charge is 0.336 e. The van der Waals surface area contributed by atoms with Gasteiger partial charge in [-0.2, -0.15) is 0 Å². The molecule has 0 bridgehead atoms. The normalized spacial score (nSPS) is 22.5. The average Bonchev–Trinajstić information content (AvgIpc) is 3.08. The van der Waals surface area contributed by atoms with E-state index in [1.165, 1.54) is 44.5 Å². The molecular formula is C19H27FN2O. The van der Waals surface area contributed by atoms with E-state index in [2.05, 4.69) is 4.90 Å². The first kappa shape index (κ1) is 16.4. The minimum atomic E-state index is -0.329. The fourth-order valence-electron chi connectivity index (χ4n) is 3.89. The summed E-state index contributed by atoms with van der Waals surface area (Å²) in [6.07, 6.45) is 6.97. The Balaban J connectivity index is 1.69. The maximum atomic E-state index is 13.5. The lowest BCUT2D eigenvalue weighted by molar-refractivity contribution is 0.0586. The van der Waals surface area contributed by atoms with Crippen LogP contribution in [-0.2, 0) is 0 Å². The van der Waals surface area contributed by atoms with Gasteiger partial charge >= 0.3 is 0 Å². The zero-order valence-corrected chi connectivity index (χ0v) is 14.1. The van der Waals surface area contributed by atoms with Crippen LogP contribution in [0.5, 0.6) is 0 Å². The van der Waals surface area contributed by atoms with Crippen LogP contribution in [0.2, 0.25) is 0 Å². The van der Waals surface area contributed by atoms with Crippen molar-refractivity contribution in [2.75, 3.05) is 26.2 Å². The zero-order valence-electron chi connectivity index (χ0n) is 14.1. The third-order valence-corrected chi connectivity index (χ3v) is 5.30. The number of carbonyl (C=O) groups excluding carboxylic acids is 1. The molecule has 2 aliphatic heterocycles.